The van der Waals surface area contributed by atoms with Crippen LogP contribution >= 0.6 is 27.5 Å². The molecule has 0 bridgehead atoms. The van der Waals surface area contributed by atoms with Gasteiger partial charge in [0, 0.05) is 6.20 Å². The Kier molecular flexibility index (Phi) is 2.80. The van der Waals surface area contributed by atoms with Crippen LogP contribution in [0.15, 0.2) is 28.9 Å². The summed E-state index contributed by atoms with van der Waals surface area (Å²) < 4.78 is 0.764. The number of halogens is 2. The van der Waals surface area contributed by atoms with Gasteiger partial charge in [-0.3, -0.25) is 4.98 Å². The zero-order valence-corrected chi connectivity index (χ0v) is 11.7. The van der Waals surface area contributed by atoms with Gasteiger partial charge < -0.3 is 4.98 Å². The van der Waals surface area contributed by atoms with Crippen LogP contribution in [0.3, 0.4) is 0 Å². The molecule has 0 amide bonds. The Balaban J connectivity index is 2.41. The molecule has 1 N–H and O–H groups in total. The second-order valence-electron chi connectivity index (χ2n) is 3.81. The van der Waals surface area contributed by atoms with Crippen molar-refractivity contribution in [1.82, 2.24) is 19.9 Å². The number of aromatic nitrogens is 4. The molecule has 0 radical (unpaired) electrons. The minimum absolute atomic E-state index is 0.516. The Hall–Kier alpha value is -1.46. The lowest BCUT2D eigenvalue weighted by Crippen LogP contribution is -1.94. The molecule has 4 nitrogen and oxygen atoms in total. The number of rotatable bonds is 1. The maximum absolute atomic E-state index is 6.07. The first-order valence-electron chi connectivity index (χ1n) is 5.29. The summed E-state index contributed by atoms with van der Waals surface area (Å²) in [6.07, 6.45) is 1.74. The molecule has 3 heterocycles. The third kappa shape index (κ3) is 1.79. The second-order valence-corrected chi connectivity index (χ2v) is 4.98. The molecule has 0 saturated heterocycles. The van der Waals surface area contributed by atoms with Crippen LogP contribution in [0.4, 0.5) is 0 Å². The molecular formula is C12H8BrClN4. The van der Waals surface area contributed by atoms with E-state index in [1.807, 2.05) is 25.1 Å². The molecule has 3 aromatic heterocycles. The fourth-order valence-corrected chi connectivity index (χ4v) is 2.49. The highest BCUT2D eigenvalue weighted by atomic mass is 79.9. The minimum Gasteiger partial charge on any atom is -0.329 e. The fraction of sp³-hybridized carbons (Fsp3) is 0.0833. The van der Waals surface area contributed by atoms with Gasteiger partial charge in [-0.05, 0) is 35.0 Å². The van der Waals surface area contributed by atoms with Crippen LogP contribution in [-0.2, 0) is 0 Å². The largest absolute Gasteiger partial charge is 0.329 e. The summed E-state index contributed by atoms with van der Waals surface area (Å²) in [6, 6.07) is 5.70. The van der Waals surface area contributed by atoms with Gasteiger partial charge in [-0.2, -0.15) is 0 Å². The predicted octanol–water partition coefficient (Wildman–Crippen LogP) is 3.74. The zero-order valence-electron chi connectivity index (χ0n) is 9.41. The predicted molar refractivity (Wildman–Crippen MR) is 74.6 cm³/mol. The maximum Gasteiger partial charge on any atom is 0.144 e. The number of pyridine rings is 1. The molecule has 90 valence electrons. The van der Waals surface area contributed by atoms with Crippen molar-refractivity contribution in [3.8, 4) is 11.4 Å². The van der Waals surface area contributed by atoms with E-state index >= 15 is 0 Å². The number of aromatic amines is 1. The van der Waals surface area contributed by atoms with Crippen molar-refractivity contribution in [3.63, 3.8) is 0 Å². The third-order valence-electron chi connectivity index (χ3n) is 2.57. The SMILES string of the molecule is Cc1nc(-c2ccccn2)c2c(Br)c(Cl)[nH]c2n1. The number of aryl methyl sites for hydroxylation is 1. The van der Waals surface area contributed by atoms with Gasteiger partial charge in [0.15, 0.2) is 0 Å². The standard InChI is InChI=1S/C12H8BrClN4/c1-6-16-10(7-4-2-3-5-15-7)8-9(13)11(14)18-12(8)17-6/h2-5H,1H3,(H,16,17,18). The van der Waals surface area contributed by atoms with Crippen molar-refractivity contribution < 1.29 is 0 Å². The van der Waals surface area contributed by atoms with Crippen LogP contribution in [-0.4, -0.2) is 19.9 Å². The van der Waals surface area contributed by atoms with Crippen molar-refractivity contribution in [2.45, 2.75) is 6.92 Å². The first-order valence-corrected chi connectivity index (χ1v) is 6.46. The highest BCUT2D eigenvalue weighted by molar-refractivity contribution is 9.10. The summed E-state index contributed by atoms with van der Waals surface area (Å²) in [5.41, 5.74) is 2.28. The van der Waals surface area contributed by atoms with Crippen molar-refractivity contribution in [2.75, 3.05) is 0 Å². The van der Waals surface area contributed by atoms with E-state index in [2.05, 4.69) is 35.9 Å². The molecule has 3 aromatic rings. The van der Waals surface area contributed by atoms with Gasteiger partial charge in [0.2, 0.25) is 0 Å². The molecule has 18 heavy (non-hydrogen) atoms. The summed E-state index contributed by atoms with van der Waals surface area (Å²) in [6.45, 7) is 1.84. The Morgan fingerprint density at radius 2 is 2.11 bits per heavy atom. The molecule has 0 unspecified atom stereocenters. The van der Waals surface area contributed by atoms with E-state index in [-0.39, 0.29) is 0 Å². The number of H-pyrrole nitrogens is 1. The lowest BCUT2D eigenvalue weighted by atomic mass is 10.2. The quantitative estimate of drug-likeness (QED) is 0.742. The summed E-state index contributed by atoms with van der Waals surface area (Å²) in [5, 5.41) is 1.37. The summed E-state index contributed by atoms with van der Waals surface area (Å²) in [4.78, 5) is 16.1. The smallest absolute Gasteiger partial charge is 0.144 e. The van der Waals surface area contributed by atoms with Gasteiger partial charge >= 0.3 is 0 Å². The number of fused-ring (bicyclic) bond motifs is 1. The lowest BCUT2D eigenvalue weighted by Gasteiger charge is -2.03. The van der Waals surface area contributed by atoms with E-state index in [9.17, 15) is 0 Å². The summed E-state index contributed by atoms with van der Waals surface area (Å²) in [7, 11) is 0. The van der Waals surface area contributed by atoms with Crippen LogP contribution in [0.25, 0.3) is 22.4 Å². The molecule has 0 aromatic carbocycles. The average Bonchev–Trinajstić information content (AvgIpc) is 2.65. The molecule has 0 aliphatic heterocycles. The van der Waals surface area contributed by atoms with E-state index < -0.39 is 0 Å². The Morgan fingerprint density at radius 1 is 1.28 bits per heavy atom. The Bertz CT molecular complexity index is 724. The lowest BCUT2D eigenvalue weighted by molar-refractivity contribution is 1.08. The number of hydrogen-bond acceptors (Lipinski definition) is 3. The first-order chi connectivity index (χ1) is 8.66. The zero-order chi connectivity index (χ0) is 12.7. The monoisotopic (exact) mass is 322 g/mol. The Morgan fingerprint density at radius 3 is 2.83 bits per heavy atom. The fourth-order valence-electron chi connectivity index (χ4n) is 1.83. The van der Waals surface area contributed by atoms with E-state index in [1.54, 1.807) is 6.20 Å². The second kappa shape index (κ2) is 4.33. The van der Waals surface area contributed by atoms with Gasteiger partial charge in [0.1, 0.15) is 22.3 Å². The van der Waals surface area contributed by atoms with E-state index in [4.69, 9.17) is 11.6 Å². The van der Waals surface area contributed by atoms with Gasteiger partial charge in [0.25, 0.3) is 0 Å². The van der Waals surface area contributed by atoms with Gasteiger partial charge in [-0.1, -0.05) is 17.7 Å². The van der Waals surface area contributed by atoms with Crippen molar-refractivity contribution >= 4 is 38.6 Å². The van der Waals surface area contributed by atoms with Crippen LogP contribution < -0.4 is 0 Å². The molecular weight excluding hydrogens is 316 g/mol. The number of nitrogens with zero attached hydrogens (tertiary/aromatic N) is 3. The van der Waals surface area contributed by atoms with Crippen molar-refractivity contribution in [3.05, 3.63) is 39.8 Å². The van der Waals surface area contributed by atoms with Crippen molar-refractivity contribution in [1.29, 1.82) is 0 Å². The first kappa shape index (κ1) is 11.6. The highest BCUT2D eigenvalue weighted by Crippen LogP contribution is 2.35. The number of nitrogens with one attached hydrogen (secondary N) is 1. The van der Waals surface area contributed by atoms with E-state index in [1.165, 1.54) is 0 Å². The number of hydrogen-bond donors (Lipinski definition) is 1. The molecule has 0 saturated carbocycles. The molecule has 0 aliphatic carbocycles. The summed E-state index contributed by atoms with van der Waals surface area (Å²) in [5.74, 6) is 0.675. The van der Waals surface area contributed by atoms with Crippen LogP contribution in [0.1, 0.15) is 5.82 Å². The highest BCUT2D eigenvalue weighted by Gasteiger charge is 2.16. The van der Waals surface area contributed by atoms with E-state index in [0.717, 1.165) is 21.2 Å². The molecule has 0 fully saturated rings. The van der Waals surface area contributed by atoms with Crippen LogP contribution in [0.2, 0.25) is 5.15 Å². The maximum atomic E-state index is 6.07. The molecule has 3 rings (SSSR count). The molecule has 0 aliphatic rings. The molecule has 0 atom stereocenters. The molecule has 6 heteroatoms. The van der Waals surface area contributed by atoms with Crippen LogP contribution in [0, 0.1) is 6.92 Å². The van der Waals surface area contributed by atoms with Crippen molar-refractivity contribution in [2.24, 2.45) is 0 Å². The van der Waals surface area contributed by atoms with Gasteiger partial charge in [-0.15, -0.1) is 0 Å². The Labute approximate surface area is 117 Å². The minimum atomic E-state index is 0.516. The van der Waals surface area contributed by atoms with E-state index in [0.29, 0.717) is 16.6 Å². The van der Waals surface area contributed by atoms with Crippen LogP contribution in [0.5, 0.6) is 0 Å². The third-order valence-corrected chi connectivity index (χ3v) is 3.87. The topological polar surface area (TPSA) is 54.5 Å². The normalized spacial score (nSPS) is 11.1. The van der Waals surface area contributed by atoms with Gasteiger partial charge in [-0.25, -0.2) is 9.97 Å². The average molecular weight is 324 g/mol. The summed E-state index contributed by atoms with van der Waals surface area (Å²) >= 11 is 9.53. The van der Waals surface area contributed by atoms with Gasteiger partial charge in [0.05, 0.1) is 15.6 Å². The molecule has 0 spiro atoms.